The lowest BCUT2D eigenvalue weighted by Gasteiger charge is -2.11. The predicted molar refractivity (Wildman–Crippen MR) is 66.0 cm³/mol. The summed E-state index contributed by atoms with van der Waals surface area (Å²) in [6.07, 6.45) is 2.70. The first-order valence-corrected chi connectivity index (χ1v) is 6.20. The van der Waals surface area contributed by atoms with Gasteiger partial charge in [-0.1, -0.05) is 38.1 Å². The van der Waals surface area contributed by atoms with E-state index in [-0.39, 0.29) is 0 Å². The second-order valence-corrected chi connectivity index (χ2v) is 5.00. The average Bonchev–Trinajstić information content (AvgIpc) is 3.08. The third-order valence-corrected chi connectivity index (χ3v) is 2.85. The van der Waals surface area contributed by atoms with Crippen molar-refractivity contribution in [1.29, 1.82) is 0 Å². The van der Waals surface area contributed by atoms with Crippen molar-refractivity contribution in [3.05, 3.63) is 35.4 Å². The zero-order chi connectivity index (χ0) is 11.4. The molecule has 16 heavy (non-hydrogen) atoms. The Morgan fingerprint density at radius 1 is 1.31 bits per heavy atom. The first kappa shape index (κ1) is 11.6. The highest BCUT2D eigenvalue weighted by Gasteiger charge is 2.25. The van der Waals surface area contributed by atoms with Gasteiger partial charge < -0.3 is 4.84 Å². The van der Waals surface area contributed by atoms with E-state index in [9.17, 15) is 0 Å². The number of rotatable bonds is 6. The van der Waals surface area contributed by atoms with E-state index in [0.717, 1.165) is 19.1 Å². The van der Waals surface area contributed by atoms with Crippen LogP contribution in [-0.2, 0) is 11.4 Å². The Hall–Kier alpha value is -0.860. The number of benzene rings is 1. The molecule has 0 amide bonds. The maximum Gasteiger partial charge on any atom is 0.0705 e. The van der Waals surface area contributed by atoms with Crippen molar-refractivity contribution >= 4 is 0 Å². The van der Waals surface area contributed by atoms with Gasteiger partial charge in [-0.05, 0) is 35.8 Å². The number of hydrogen-bond acceptors (Lipinski definition) is 2. The van der Waals surface area contributed by atoms with Crippen LogP contribution in [0.3, 0.4) is 0 Å². The molecule has 0 aliphatic heterocycles. The van der Waals surface area contributed by atoms with Gasteiger partial charge in [0.25, 0.3) is 0 Å². The molecule has 0 radical (unpaired) electrons. The summed E-state index contributed by atoms with van der Waals surface area (Å²) >= 11 is 0. The van der Waals surface area contributed by atoms with Crippen LogP contribution in [0.4, 0.5) is 0 Å². The number of hydrogen-bond donors (Lipinski definition) is 1. The molecule has 0 spiro atoms. The van der Waals surface area contributed by atoms with Gasteiger partial charge >= 0.3 is 0 Å². The van der Waals surface area contributed by atoms with E-state index in [4.69, 9.17) is 4.84 Å². The van der Waals surface area contributed by atoms with Gasteiger partial charge in [-0.15, -0.1) is 0 Å². The summed E-state index contributed by atoms with van der Waals surface area (Å²) in [5.41, 5.74) is 5.94. The largest absolute Gasteiger partial charge is 0.301 e. The zero-order valence-corrected chi connectivity index (χ0v) is 10.2. The molecule has 1 fully saturated rings. The molecule has 1 aromatic rings. The molecular weight excluding hydrogens is 198 g/mol. The molecule has 1 saturated carbocycles. The molecule has 2 nitrogen and oxygen atoms in total. The highest BCUT2D eigenvalue weighted by Crippen LogP contribution is 2.41. The van der Waals surface area contributed by atoms with Gasteiger partial charge in [-0.2, -0.15) is 5.48 Å². The van der Waals surface area contributed by atoms with Gasteiger partial charge in [0.1, 0.15) is 0 Å². The Balaban J connectivity index is 1.84. The van der Waals surface area contributed by atoms with Gasteiger partial charge in [0.15, 0.2) is 0 Å². The first-order chi connectivity index (χ1) is 7.77. The molecular formula is C14H21NO. The topological polar surface area (TPSA) is 21.3 Å². The fourth-order valence-corrected chi connectivity index (χ4v) is 1.84. The molecule has 1 N–H and O–H groups in total. The smallest absolute Gasteiger partial charge is 0.0705 e. The maximum absolute atomic E-state index is 5.40. The normalized spacial score (nSPS) is 15.7. The van der Waals surface area contributed by atoms with Crippen LogP contribution in [0, 0.1) is 5.92 Å². The summed E-state index contributed by atoms with van der Waals surface area (Å²) in [5.74, 6) is 1.38. The molecule has 1 aromatic carbocycles. The van der Waals surface area contributed by atoms with E-state index in [1.54, 1.807) is 0 Å². The van der Waals surface area contributed by atoms with Gasteiger partial charge in [0.05, 0.1) is 6.61 Å². The summed E-state index contributed by atoms with van der Waals surface area (Å²) in [4.78, 5) is 5.40. The van der Waals surface area contributed by atoms with Crippen LogP contribution in [0.25, 0.3) is 0 Å². The highest BCUT2D eigenvalue weighted by atomic mass is 16.6. The van der Waals surface area contributed by atoms with E-state index in [2.05, 4.69) is 43.6 Å². The lowest BCUT2D eigenvalue weighted by atomic mass is 10.0. The molecule has 2 heteroatoms. The minimum atomic E-state index is 0.575. The van der Waals surface area contributed by atoms with Gasteiger partial charge in [0, 0.05) is 6.54 Å². The Morgan fingerprint density at radius 2 is 2.06 bits per heavy atom. The Morgan fingerprint density at radius 3 is 2.75 bits per heavy atom. The summed E-state index contributed by atoms with van der Waals surface area (Å²) in [6, 6.07) is 8.67. The minimum Gasteiger partial charge on any atom is -0.301 e. The van der Waals surface area contributed by atoms with E-state index < -0.39 is 0 Å². The van der Waals surface area contributed by atoms with Crippen molar-refractivity contribution < 1.29 is 4.84 Å². The quantitative estimate of drug-likeness (QED) is 0.586. The minimum absolute atomic E-state index is 0.575. The Kier molecular flexibility index (Phi) is 3.97. The van der Waals surface area contributed by atoms with Crippen LogP contribution in [-0.4, -0.2) is 6.61 Å². The van der Waals surface area contributed by atoms with Crippen LogP contribution in [0.5, 0.6) is 0 Å². The third kappa shape index (κ3) is 3.32. The van der Waals surface area contributed by atoms with Crippen molar-refractivity contribution in [2.24, 2.45) is 5.92 Å². The van der Waals surface area contributed by atoms with E-state index in [1.807, 2.05) is 0 Å². The summed E-state index contributed by atoms with van der Waals surface area (Å²) < 4.78 is 0. The molecule has 88 valence electrons. The van der Waals surface area contributed by atoms with E-state index in [1.165, 1.54) is 24.0 Å². The number of hydroxylamine groups is 1. The molecule has 1 aliphatic carbocycles. The van der Waals surface area contributed by atoms with Crippen molar-refractivity contribution in [2.75, 3.05) is 6.61 Å². The van der Waals surface area contributed by atoms with E-state index in [0.29, 0.717) is 5.92 Å². The summed E-state index contributed by atoms with van der Waals surface area (Å²) in [7, 11) is 0. The van der Waals surface area contributed by atoms with Crippen molar-refractivity contribution in [3.63, 3.8) is 0 Å². The molecule has 0 aromatic heterocycles. The monoisotopic (exact) mass is 219 g/mol. The summed E-state index contributed by atoms with van der Waals surface area (Å²) in [6.45, 7) is 5.89. The van der Waals surface area contributed by atoms with Gasteiger partial charge in [0.2, 0.25) is 0 Å². The van der Waals surface area contributed by atoms with Gasteiger partial charge in [-0.25, -0.2) is 0 Å². The number of nitrogens with one attached hydrogen (secondary N) is 1. The van der Waals surface area contributed by atoms with Crippen LogP contribution in [0.15, 0.2) is 24.3 Å². The SMILES string of the molecule is CC(C)CONCc1ccccc1C1CC1. The molecule has 0 unspecified atom stereocenters. The van der Waals surface area contributed by atoms with Crippen LogP contribution in [0.2, 0.25) is 0 Å². The Labute approximate surface area is 98.0 Å². The lowest BCUT2D eigenvalue weighted by Crippen LogP contribution is -2.18. The van der Waals surface area contributed by atoms with E-state index >= 15 is 0 Å². The average molecular weight is 219 g/mol. The second-order valence-electron chi connectivity index (χ2n) is 5.00. The van der Waals surface area contributed by atoms with Crippen molar-refractivity contribution in [1.82, 2.24) is 5.48 Å². The van der Waals surface area contributed by atoms with Crippen LogP contribution >= 0.6 is 0 Å². The molecule has 0 atom stereocenters. The van der Waals surface area contributed by atoms with Crippen LogP contribution < -0.4 is 5.48 Å². The second kappa shape index (κ2) is 5.46. The van der Waals surface area contributed by atoms with Crippen LogP contribution in [0.1, 0.15) is 43.7 Å². The zero-order valence-electron chi connectivity index (χ0n) is 10.2. The third-order valence-electron chi connectivity index (χ3n) is 2.85. The molecule has 0 bridgehead atoms. The van der Waals surface area contributed by atoms with Crippen molar-refractivity contribution in [3.8, 4) is 0 Å². The molecule has 1 aliphatic rings. The van der Waals surface area contributed by atoms with Gasteiger partial charge in [-0.3, -0.25) is 0 Å². The fourth-order valence-electron chi connectivity index (χ4n) is 1.84. The molecule has 0 saturated heterocycles. The maximum atomic E-state index is 5.40. The standard InChI is InChI=1S/C14H21NO/c1-11(2)10-16-15-9-13-5-3-4-6-14(13)12-7-8-12/h3-6,11-12,15H,7-10H2,1-2H3. The molecule has 2 rings (SSSR count). The summed E-state index contributed by atoms with van der Waals surface area (Å²) in [5, 5.41) is 0. The first-order valence-electron chi connectivity index (χ1n) is 6.20. The predicted octanol–water partition coefficient (Wildman–Crippen LogP) is 3.24. The molecule has 0 heterocycles. The fraction of sp³-hybridized carbons (Fsp3) is 0.571. The highest BCUT2D eigenvalue weighted by molar-refractivity contribution is 5.32. The lowest BCUT2D eigenvalue weighted by molar-refractivity contribution is 0.0195. The Bertz CT molecular complexity index is 331. The van der Waals surface area contributed by atoms with Crippen molar-refractivity contribution in [2.45, 2.75) is 39.2 Å².